The van der Waals surface area contributed by atoms with Gasteiger partial charge in [0.15, 0.2) is 0 Å². The van der Waals surface area contributed by atoms with Crippen molar-refractivity contribution in [1.29, 1.82) is 0 Å². The van der Waals surface area contributed by atoms with Gasteiger partial charge in [-0.15, -0.1) is 0 Å². The highest BCUT2D eigenvalue weighted by molar-refractivity contribution is 7.99. The second-order valence-corrected chi connectivity index (χ2v) is 4.87. The zero-order valence-electron chi connectivity index (χ0n) is 10.5. The molecule has 0 aliphatic heterocycles. The predicted octanol–water partition coefficient (Wildman–Crippen LogP) is 1.96. The number of nitrogens with one attached hydrogen (secondary N) is 1. The van der Waals surface area contributed by atoms with E-state index in [-0.39, 0.29) is 5.91 Å². The minimum absolute atomic E-state index is 0.173. The lowest BCUT2D eigenvalue weighted by molar-refractivity contribution is 0.0950. The van der Waals surface area contributed by atoms with Crippen LogP contribution in [-0.2, 0) is 0 Å². The van der Waals surface area contributed by atoms with Crippen LogP contribution < -0.4 is 11.1 Å². The quantitative estimate of drug-likeness (QED) is 0.890. The van der Waals surface area contributed by atoms with E-state index >= 15 is 0 Å². The maximum absolute atomic E-state index is 11.7. The third-order valence-electron chi connectivity index (χ3n) is 2.34. The summed E-state index contributed by atoms with van der Waals surface area (Å²) < 4.78 is 0. The standard InChI is InChI=1S/C13H14N4OS/c1-2-16-13(18)11-7-9(3-6-17-11)19-12-4-5-15-8-10(12)14/h3-8H,2,14H2,1H3,(H,16,18). The molecule has 98 valence electrons. The van der Waals surface area contributed by atoms with E-state index in [2.05, 4.69) is 15.3 Å². The van der Waals surface area contributed by atoms with Crippen LogP contribution in [0.2, 0.25) is 0 Å². The van der Waals surface area contributed by atoms with Gasteiger partial charge in [0.25, 0.3) is 5.91 Å². The highest BCUT2D eigenvalue weighted by atomic mass is 32.2. The molecule has 2 rings (SSSR count). The number of carbonyl (C=O) groups excluding carboxylic acids is 1. The monoisotopic (exact) mass is 274 g/mol. The molecule has 0 bridgehead atoms. The molecule has 0 aromatic carbocycles. The minimum atomic E-state index is -0.173. The maximum Gasteiger partial charge on any atom is 0.269 e. The summed E-state index contributed by atoms with van der Waals surface area (Å²) in [6.07, 6.45) is 4.91. The van der Waals surface area contributed by atoms with Crippen LogP contribution in [0, 0.1) is 0 Å². The van der Waals surface area contributed by atoms with Crippen molar-refractivity contribution in [3.05, 3.63) is 42.5 Å². The lowest BCUT2D eigenvalue weighted by atomic mass is 10.3. The van der Waals surface area contributed by atoms with E-state index in [4.69, 9.17) is 5.73 Å². The number of aromatic nitrogens is 2. The molecule has 0 saturated heterocycles. The zero-order valence-corrected chi connectivity index (χ0v) is 11.3. The van der Waals surface area contributed by atoms with Gasteiger partial charge >= 0.3 is 0 Å². The fourth-order valence-corrected chi connectivity index (χ4v) is 2.32. The summed E-state index contributed by atoms with van der Waals surface area (Å²) >= 11 is 1.48. The van der Waals surface area contributed by atoms with Crippen LogP contribution in [-0.4, -0.2) is 22.4 Å². The molecule has 0 fully saturated rings. The molecule has 0 aliphatic carbocycles. The van der Waals surface area contributed by atoms with Crippen LogP contribution in [0.25, 0.3) is 0 Å². The molecule has 0 radical (unpaired) electrons. The number of hydrogen-bond acceptors (Lipinski definition) is 5. The normalized spacial score (nSPS) is 10.2. The molecule has 2 heterocycles. The molecular weight excluding hydrogens is 260 g/mol. The van der Waals surface area contributed by atoms with Crippen LogP contribution in [0.15, 0.2) is 46.6 Å². The van der Waals surface area contributed by atoms with E-state index in [0.29, 0.717) is 17.9 Å². The first kappa shape index (κ1) is 13.4. The third kappa shape index (κ3) is 3.45. The fraction of sp³-hybridized carbons (Fsp3) is 0.154. The number of pyridine rings is 2. The molecule has 19 heavy (non-hydrogen) atoms. The van der Waals surface area contributed by atoms with Crippen molar-refractivity contribution in [3.63, 3.8) is 0 Å². The molecule has 0 aliphatic rings. The van der Waals surface area contributed by atoms with Gasteiger partial charge in [-0.25, -0.2) is 0 Å². The fourth-order valence-electron chi connectivity index (χ4n) is 1.46. The van der Waals surface area contributed by atoms with Gasteiger partial charge in [-0.3, -0.25) is 14.8 Å². The first-order valence-corrected chi connectivity index (χ1v) is 6.64. The molecule has 0 unspecified atom stereocenters. The van der Waals surface area contributed by atoms with Crippen molar-refractivity contribution in [2.75, 3.05) is 12.3 Å². The van der Waals surface area contributed by atoms with Gasteiger partial charge < -0.3 is 11.1 Å². The largest absolute Gasteiger partial charge is 0.397 e. The Balaban J connectivity index is 2.20. The summed E-state index contributed by atoms with van der Waals surface area (Å²) in [4.78, 5) is 21.5. The zero-order chi connectivity index (χ0) is 13.7. The topological polar surface area (TPSA) is 80.9 Å². The Morgan fingerprint density at radius 2 is 2.26 bits per heavy atom. The number of carbonyl (C=O) groups is 1. The van der Waals surface area contributed by atoms with E-state index in [1.165, 1.54) is 11.8 Å². The van der Waals surface area contributed by atoms with Gasteiger partial charge in [-0.05, 0) is 25.1 Å². The molecule has 6 heteroatoms. The van der Waals surface area contributed by atoms with Crippen molar-refractivity contribution < 1.29 is 4.79 Å². The number of rotatable bonds is 4. The van der Waals surface area contributed by atoms with Crippen molar-refractivity contribution in [2.45, 2.75) is 16.7 Å². The first-order chi connectivity index (χ1) is 9.20. The van der Waals surface area contributed by atoms with Gasteiger partial charge in [0.2, 0.25) is 0 Å². The number of hydrogen-bond donors (Lipinski definition) is 2. The summed E-state index contributed by atoms with van der Waals surface area (Å²) in [6.45, 7) is 2.45. The van der Waals surface area contributed by atoms with E-state index < -0.39 is 0 Å². The van der Waals surface area contributed by atoms with E-state index in [0.717, 1.165) is 9.79 Å². The van der Waals surface area contributed by atoms with Crippen molar-refractivity contribution in [2.24, 2.45) is 0 Å². The van der Waals surface area contributed by atoms with Crippen LogP contribution in [0.1, 0.15) is 17.4 Å². The van der Waals surface area contributed by atoms with Crippen LogP contribution >= 0.6 is 11.8 Å². The van der Waals surface area contributed by atoms with Crippen molar-refractivity contribution >= 4 is 23.4 Å². The average Bonchev–Trinajstić information content (AvgIpc) is 2.42. The summed E-state index contributed by atoms with van der Waals surface area (Å²) in [5.41, 5.74) is 6.85. The van der Waals surface area contributed by atoms with Gasteiger partial charge in [-0.1, -0.05) is 11.8 Å². The Hall–Kier alpha value is -2.08. The smallest absolute Gasteiger partial charge is 0.269 e. The summed E-state index contributed by atoms with van der Waals surface area (Å²) in [6, 6.07) is 5.43. The number of amides is 1. The van der Waals surface area contributed by atoms with Crippen LogP contribution in [0.3, 0.4) is 0 Å². The van der Waals surface area contributed by atoms with Gasteiger partial charge in [0, 0.05) is 28.7 Å². The summed E-state index contributed by atoms with van der Waals surface area (Å²) in [7, 11) is 0. The Morgan fingerprint density at radius 3 is 3.00 bits per heavy atom. The molecule has 0 spiro atoms. The minimum Gasteiger partial charge on any atom is -0.397 e. The van der Waals surface area contributed by atoms with Crippen LogP contribution in [0.5, 0.6) is 0 Å². The highest BCUT2D eigenvalue weighted by Gasteiger charge is 2.08. The van der Waals surface area contributed by atoms with Crippen LogP contribution in [0.4, 0.5) is 5.69 Å². The SMILES string of the molecule is CCNC(=O)c1cc(Sc2ccncc2N)ccn1. The van der Waals surface area contributed by atoms with E-state index in [1.54, 1.807) is 24.7 Å². The molecule has 1 amide bonds. The first-order valence-electron chi connectivity index (χ1n) is 5.82. The van der Waals surface area contributed by atoms with Crippen molar-refractivity contribution in [3.8, 4) is 0 Å². The molecule has 2 aromatic rings. The third-order valence-corrected chi connectivity index (χ3v) is 3.42. The second kappa shape index (κ2) is 6.19. The molecule has 0 atom stereocenters. The van der Waals surface area contributed by atoms with Gasteiger partial charge in [0.05, 0.1) is 11.9 Å². The molecule has 3 N–H and O–H groups in total. The van der Waals surface area contributed by atoms with E-state index in [1.807, 2.05) is 19.1 Å². The predicted molar refractivity (Wildman–Crippen MR) is 75.0 cm³/mol. The Morgan fingerprint density at radius 1 is 1.42 bits per heavy atom. The molecular formula is C13H14N4OS. The number of nitrogen functional groups attached to an aromatic ring is 1. The maximum atomic E-state index is 11.7. The Kier molecular flexibility index (Phi) is 4.35. The highest BCUT2D eigenvalue weighted by Crippen LogP contribution is 2.31. The lowest BCUT2D eigenvalue weighted by Crippen LogP contribution is -2.23. The van der Waals surface area contributed by atoms with E-state index in [9.17, 15) is 4.79 Å². The second-order valence-electron chi connectivity index (χ2n) is 3.75. The van der Waals surface area contributed by atoms with Gasteiger partial charge in [0.1, 0.15) is 5.69 Å². The molecule has 5 nitrogen and oxygen atoms in total. The Labute approximate surface area is 115 Å². The molecule has 2 aromatic heterocycles. The molecule has 0 saturated carbocycles. The number of nitrogens with zero attached hydrogens (tertiary/aromatic N) is 2. The lowest BCUT2D eigenvalue weighted by Gasteiger charge is -2.06. The summed E-state index contributed by atoms with van der Waals surface area (Å²) in [5.74, 6) is -0.173. The Bertz CT molecular complexity index is 588. The number of anilines is 1. The summed E-state index contributed by atoms with van der Waals surface area (Å²) in [5, 5.41) is 2.72. The number of nitrogens with two attached hydrogens (primary N) is 1. The van der Waals surface area contributed by atoms with Gasteiger partial charge in [-0.2, -0.15) is 0 Å². The van der Waals surface area contributed by atoms with Crippen molar-refractivity contribution in [1.82, 2.24) is 15.3 Å². The average molecular weight is 274 g/mol.